The van der Waals surface area contributed by atoms with Crippen LogP contribution in [0.2, 0.25) is 0 Å². The van der Waals surface area contributed by atoms with Crippen LogP contribution < -0.4 is 10.2 Å². The number of fused-ring (bicyclic) bond motifs is 1. The molecule has 7 nitrogen and oxygen atoms in total. The molecule has 3 aromatic rings. The number of benzene rings is 2. The Hall–Kier alpha value is -3.45. The number of nitrogens with one attached hydrogen (secondary N) is 1. The number of aromatic nitrogens is 2. The summed E-state index contributed by atoms with van der Waals surface area (Å²) in [5.74, 6) is 1.61. The molecule has 0 saturated heterocycles. The van der Waals surface area contributed by atoms with Gasteiger partial charge in [-0.1, -0.05) is 47.6 Å². The molecule has 0 saturated carbocycles. The molecule has 130 valence electrons. The van der Waals surface area contributed by atoms with Gasteiger partial charge in [0.05, 0.1) is 12.3 Å². The second-order valence-electron chi connectivity index (χ2n) is 5.60. The second-order valence-corrected chi connectivity index (χ2v) is 5.60. The lowest BCUT2D eigenvalue weighted by Gasteiger charge is -2.07. The number of hydrogen-bond acceptors (Lipinski definition) is 6. The largest absolute Gasteiger partial charge is 0.493 e. The lowest BCUT2D eigenvalue weighted by Crippen LogP contribution is -2.02. The first-order valence-corrected chi connectivity index (χ1v) is 8.14. The molecular formula is C19H16N4O3. The van der Waals surface area contributed by atoms with Crippen molar-refractivity contribution in [1.29, 1.82) is 0 Å². The molecule has 1 aliphatic heterocycles. The highest BCUT2D eigenvalue weighted by Crippen LogP contribution is 2.37. The van der Waals surface area contributed by atoms with Crippen LogP contribution in [-0.2, 0) is 0 Å². The maximum Gasteiger partial charge on any atom is 0.256 e. The van der Waals surface area contributed by atoms with E-state index in [-0.39, 0.29) is 0 Å². The van der Waals surface area contributed by atoms with Crippen molar-refractivity contribution in [2.45, 2.75) is 6.42 Å². The molecule has 1 aliphatic rings. The van der Waals surface area contributed by atoms with Gasteiger partial charge in [0, 0.05) is 23.1 Å². The number of hydroxylamine groups is 1. The van der Waals surface area contributed by atoms with Gasteiger partial charge in [-0.3, -0.25) is 10.7 Å². The molecule has 0 amide bonds. The van der Waals surface area contributed by atoms with Crippen molar-refractivity contribution in [2.75, 3.05) is 6.61 Å². The first-order chi connectivity index (χ1) is 12.9. The van der Waals surface area contributed by atoms with Gasteiger partial charge in [-0.15, -0.1) is 0 Å². The van der Waals surface area contributed by atoms with Crippen LogP contribution in [0.5, 0.6) is 5.75 Å². The number of aliphatic imine (C=N–C) groups is 1. The monoisotopic (exact) mass is 348 g/mol. The Bertz CT molecular complexity index is 964. The fraction of sp³-hybridized carbons (Fsp3) is 0.105. The number of rotatable bonds is 4. The predicted octanol–water partition coefficient (Wildman–Crippen LogP) is 3.39. The third kappa shape index (κ3) is 3.07. The average Bonchev–Trinajstić information content (AvgIpc) is 3.11. The quantitative estimate of drug-likeness (QED) is 0.426. The van der Waals surface area contributed by atoms with E-state index in [1.165, 1.54) is 6.34 Å². The molecule has 7 heteroatoms. The minimum absolute atomic E-state index is 0.384. The van der Waals surface area contributed by atoms with Crippen molar-refractivity contribution in [1.82, 2.24) is 15.6 Å². The van der Waals surface area contributed by atoms with E-state index in [1.54, 1.807) is 0 Å². The second kappa shape index (κ2) is 7.20. The topological polar surface area (TPSA) is 92.8 Å². The van der Waals surface area contributed by atoms with Crippen molar-refractivity contribution in [3.8, 4) is 17.1 Å². The molecular weight excluding hydrogens is 332 g/mol. The zero-order valence-electron chi connectivity index (χ0n) is 13.8. The van der Waals surface area contributed by atoms with Gasteiger partial charge in [-0.2, -0.15) is 4.98 Å². The van der Waals surface area contributed by atoms with Crippen LogP contribution in [0.25, 0.3) is 22.7 Å². The van der Waals surface area contributed by atoms with E-state index in [2.05, 4.69) is 15.1 Å². The van der Waals surface area contributed by atoms with Gasteiger partial charge in [-0.05, 0) is 12.1 Å². The van der Waals surface area contributed by atoms with E-state index < -0.39 is 0 Å². The molecule has 26 heavy (non-hydrogen) atoms. The summed E-state index contributed by atoms with van der Waals surface area (Å²) in [7, 11) is 0. The summed E-state index contributed by atoms with van der Waals surface area (Å²) in [6.07, 6.45) is 1.75. The van der Waals surface area contributed by atoms with Gasteiger partial charge in [0.1, 0.15) is 12.1 Å². The van der Waals surface area contributed by atoms with Crippen LogP contribution in [0.3, 0.4) is 0 Å². The molecule has 2 aromatic carbocycles. The molecule has 0 unspecified atom stereocenters. The summed E-state index contributed by atoms with van der Waals surface area (Å²) in [5, 5.41) is 13.0. The molecule has 2 heterocycles. The molecule has 2 N–H and O–H groups in total. The van der Waals surface area contributed by atoms with Crippen LogP contribution in [0.15, 0.2) is 64.1 Å². The fourth-order valence-corrected chi connectivity index (χ4v) is 2.83. The number of hydrogen-bond donors (Lipinski definition) is 2. The summed E-state index contributed by atoms with van der Waals surface area (Å²) < 4.78 is 11.3. The molecule has 0 aliphatic carbocycles. The highest BCUT2D eigenvalue weighted by Gasteiger charge is 2.23. The summed E-state index contributed by atoms with van der Waals surface area (Å²) in [4.78, 5) is 8.86. The third-order valence-electron chi connectivity index (χ3n) is 4.01. The summed E-state index contributed by atoms with van der Waals surface area (Å²) >= 11 is 0. The Balaban J connectivity index is 1.83. The predicted molar refractivity (Wildman–Crippen MR) is 96.5 cm³/mol. The maximum absolute atomic E-state index is 8.92. The van der Waals surface area contributed by atoms with Crippen LogP contribution in [0, 0.1) is 0 Å². The zero-order chi connectivity index (χ0) is 17.8. The van der Waals surface area contributed by atoms with Gasteiger partial charge < -0.3 is 9.26 Å². The standard InChI is InChI=1S/C19H16N4O3/c24-21-12-20-17-14-8-4-5-9-16(14)25-11-10-15(17)19-22-18(23-26-19)13-6-2-1-3-7-13/h1-9,12,24H,10-11H2,(H,20,21). The van der Waals surface area contributed by atoms with Gasteiger partial charge in [0.2, 0.25) is 5.82 Å². The van der Waals surface area contributed by atoms with E-state index in [0.29, 0.717) is 30.4 Å². The first-order valence-electron chi connectivity index (χ1n) is 8.14. The van der Waals surface area contributed by atoms with E-state index in [0.717, 1.165) is 22.4 Å². The van der Waals surface area contributed by atoms with Gasteiger partial charge in [0.25, 0.3) is 5.89 Å². The van der Waals surface area contributed by atoms with Crippen molar-refractivity contribution < 1.29 is 14.5 Å². The van der Waals surface area contributed by atoms with E-state index in [4.69, 9.17) is 14.5 Å². The Kier molecular flexibility index (Phi) is 4.44. The molecule has 1 aromatic heterocycles. The average molecular weight is 348 g/mol. The summed E-state index contributed by atoms with van der Waals surface area (Å²) in [6, 6.07) is 17.2. The van der Waals surface area contributed by atoms with E-state index >= 15 is 0 Å². The third-order valence-corrected chi connectivity index (χ3v) is 4.01. The maximum atomic E-state index is 8.92. The lowest BCUT2D eigenvalue weighted by atomic mass is 10.0. The Morgan fingerprint density at radius 1 is 1.08 bits per heavy atom. The number of para-hydroxylation sites is 1. The lowest BCUT2D eigenvalue weighted by molar-refractivity contribution is 0.240. The minimum atomic E-state index is 0.384. The molecule has 0 fully saturated rings. The highest BCUT2D eigenvalue weighted by molar-refractivity contribution is 5.92. The Morgan fingerprint density at radius 3 is 2.73 bits per heavy atom. The van der Waals surface area contributed by atoms with Crippen molar-refractivity contribution in [3.63, 3.8) is 0 Å². The summed E-state index contributed by atoms with van der Waals surface area (Å²) in [5.41, 5.74) is 4.98. The van der Waals surface area contributed by atoms with Crippen LogP contribution >= 0.6 is 0 Å². The molecule has 0 atom stereocenters. The number of ether oxygens (including phenoxy) is 1. The molecule has 4 rings (SSSR count). The molecule has 0 radical (unpaired) electrons. The van der Waals surface area contributed by atoms with Crippen LogP contribution in [-0.4, -0.2) is 28.3 Å². The fourth-order valence-electron chi connectivity index (χ4n) is 2.83. The van der Waals surface area contributed by atoms with Crippen LogP contribution in [0.1, 0.15) is 17.9 Å². The normalized spacial score (nSPS) is 14.0. The zero-order valence-corrected chi connectivity index (χ0v) is 13.8. The Labute approximate surface area is 149 Å². The first kappa shape index (κ1) is 16.0. The molecule has 0 bridgehead atoms. The molecule has 0 spiro atoms. The van der Waals surface area contributed by atoms with Gasteiger partial charge >= 0.3 is 0 Å². The van der Waals surface area contributed by atoms with E-state index in [9.17, 15) is 0 Å². The van der Waals surface area contributed by atoms with Crippen molar-refractivity contribution >= 4 is 17.6 Å². The van der Waals surface area contributed by atoms with Crippen molar-refractivity contribution in [2.24, 2.45) is 4.99 Å². The van der Waals surface area contributed by atoms with Gasteiger partial charge in [-0.25, -0.2) is 4.99 Å². The van der Waals surface area contributed by atoms with Crippen LogP contribution in [0.4, 0.5) is 0 Å². The highest BCUT2D eigenvalue weighted by atomic mass is 16.5. The SMILES string of the molecule is ONC=NC1=C(c2nc(-c3ccccc3)no2)CCOc2ccccc21. The van der Waals surface area contributed by atoms with Gasteiger partial charge in [0.15, 0.2) is 0 Å². The Morgan fingerprint density at radius 2 is 1.88 bits per heavy atom. The smallest absolute Gasteiger partial charge is 0.256 e. The summed E-state index contributed by atoms with van der Waals surface area (Å²) in [6.45, 7) is 0.459. The minimum Gasteiger partial charge on any atom is -0.493 e. The number of nitrogens with zero attached hydrogens (tertiary/aromatic N) is 3. The van der Waals surface area contributed by atoms with E-state index in [1.807, 2.05) is 60.1 Å². The van der Waals surface area contributed by atoms with Crippen molar-refractivity contribution in [3.05, 3.63) is 66.1 Å².